The van der Waals surface area contributed by atoms with Gasteiger partial charge in [0.15, 0.2) is 6.29 Å². The van der Waals surface area contributed by atoms with Crippen LogP contribution in [0.1, 0.15) is 187 Å². The maximum atomic E-state index is 12.8. The monoisotopic (exact) mass is 807 g/mol. The van der Waals surface area contributed by atoms with Crippen molar-refractivity contribution in [2.45, 2.75) is 224 Å². The molecule has 1 rings (SSSR count). The predicted molar refractivity (Wildman–Crippen MR) is 233 cm³/mol. The molecule has 1 aliphatic rings. The zero-order chi connectivity index (χ0) is 41.4. The summed E-state index contributed by atoms with van der Waals surface area (Å²) in [7, 11) is 0. The number of carbonyl (C=O) groups excluding carboxylic acids is 1. The highest BCUT2D eigenvalue weighted by Crippen LogP contribution is 2.22. The van der Waals surface area contributed by atoms with Crippen molar-refractivity contribution in [1.29, 1.82) is 0 Å². The van der Waals surface area contributed by atoms with Crippen molar-refractivity contribution in [1.82, 2.24) is 0 Å². The summed E-state index contributed by atoms with van der Waals surface area (Å²) in [5, 5.41) is 40.1. The first-order valence-electron chi connectivity index (χ1n) is 23.2. The van der Waals surface area contributed by atoms with Crippen LogP contribution >= 0.6 is 0 Å². The van der Waals surface area contributed by atoms with Crippen LogP contribution in [-0.4, -0.2) is 89.6 Å². The molecule has 6 unspecified atom stereocenters. The summed E-state index contributed by atoms with van der Waals surface area (Å²) in [5.74, 6) is -0.324. The lowest BCUT2D eigenvalue weighted by molar-refractivity contribution is -0.305. The highest BCUT2D eigenvalue weighted by atomic mass is 16.7. The molecule has 332 valence electrons. The molecule has 0 bridgehead atoms. The fraction of sp³-hybridized carbons (Fsp3) is 0.812. The summed E-state index contributed by atoms with van der Waals surface area (Å²) in [6.07, 6.45) is 41.4. The first-order chi connectivity index (χ1) is 27.9. The third-order valence-electron chi connectivity index (χ3n) is 10.5. The topological polar surface area (TPSA) is 135 Å². The summed E-state index contributed by atoms with van der Waals surface area (Å²) in [5.41, 5.74) is 0. The van der Waals surface area contributed by atoms with Gasteiger partial charge in [0.2, 0.25) is 0 Å². The van der Waals surface area contributed by atoms with Gasteiger partial charge in [-0.25, -0.2) is 0 Å². The maximum Gasteiger partial charge on any atom is 0.306 e. The van der Waals surface area contributed by atoms with Crippen LogP contribution in [0.2, 0.25) is 0 Å². The molecule has 0 radical (unpaired) electrons. The van der Waals surface area contributed by atoms with Gasteiger partial charge in [-0.05, 0) is 51.4 Å². The van der Waals surface area contributed by atoms with Crippen LogP contribution in [0.4, 0.5) is 0 Å². The molecule has 0 saturated carbocycles. The Labute approximate surface area is 348 Å². The van der Waals surface area contributed by atoms with E-state index in [1.54, 1.807) is 0 Å². The molecular formula is C48H86O9. The Morgan fingerprint density at radius 1 is 0.579 bits per heavy atom. The molecule has 0 amide bonds. The molecule has 0 aromatic carbocycles. The van der Waals surface area contributed by atoms with Crippen LogP contribution in [0.5, 0.6) is 0 Å². The summed E-state index contributed by atoms with van der Waals surface area (Å²) in [6, 6.07) is 0. The molecule has 4 N–H and O–H groups in total. The molecule has 9 heteroatoms. The normalized spacial score (nSPS) is 20.8. The highest BCUT2D eigenvalue weighted by Gasteiger charge is 2.44. The van der Waals surface area contributed by atoms with E-state index in [9.17, 15) is 25.2 Å². The zero-order valence-electron chi connectivity index (χ0n) is 36.3. The Hall–Kier alpha value is -1.85. The quantitative estimate of drug-likeness (QED) is 0.0272. The standard InChI is InChI=1S/C48H86O9/c1-3-5-7-9-11-13-15-17-19-21-22-23-25-27-29-31-33-35-37-44(50)56-42(41-55-48-47(53)46(52)45(51)43(39-49)57-48)40-54-38-36-34-32-30-28-26-24-20-18-16-14-12-10-8-6-4-2/h6,8,12,14,18,20,26,28,42-43,45-49,51-53H,3-5,7,9-11,13,15-17,19,21-25,27,29-41H2,1-2H3/b8-6-,14-12-,20-18-,28-26-. The fourth-order valence-electron chi connectivity index (χ4n) is 6.89. The van der Waals surface area contributed by atoms with Gasteiger partial charge in [-0.2, -0.15) is 0 Å². The van der Waals surface area contributed by atoms with Crippen LogP contribution in [0.15, 0.2) is 48.6 Å². The molecule has 1 aliphatic heterocycles. The van der Waals surface area contributed by atoms with E-state index in [2.05, 4.69) is 62.5 Å². The van der Waals surface area contributed by atoms with E-state index in [1.165, 1.54) is 96.3 Å². The molecule has 1 fully saturated rings. The number of hydrogen-bond acceptors (Lipinski definition) is 9. The lowest BCUT2D eigenvalue weighted by Gasteiger charge is -2.39. The Morgan fingerprint density at radius 3 is 1.60 bits per heavy atom. The number of aliphatic hydroxyl groups is 4. The second-order valence-corrected chi connectivity index (χ2v) is 15.8. The van der Waals surface area contributed by atoms with Crippen molar-refractivity contribution in [3.8, 4) is 0 Å². The number of ether oxygens (including phenoxy) is 4. The van der Waals surface area contributed by atoms with Gasteiger partial charge in [0, 0.05) is 13.0 Å². The Bertz CT molecular complexity index is 1010. The van der Waals surface area contributed by atoms with Crippen LogP contribution in [-0.2, 0) is 23.7 Å². The maximum absolute atomic E-state index is 12.8. The minimum Gasteiger partial charge on any atom is -0.457 e. The SMILES string of the molecule is CC/C=C\C/C=C\C/C=C\C/C=C\CCCCCOCC(COC1OC(CO)C(O)C(O)C1O)OC(=O)CCCCCCCCCCCCCCCCCCCC. The first-order valence-corrected chi connectivity index (χ1v) is 23.2. The summed E-state index contributed by atoms with van der Waals surface area (Å²) >= 11 is 0. The highest BCUT2D eigenvalue weighted by molar-refractivity contribution is 5.69. The fourth-order valence-corrected chi connectivity index (χ4v) is 6.89. The minimum absolute atomic E-state index is 0.124. The predicted octanol–water partition coefficient (Wildman–Crippen LogP) is 10.5. The molecule has 0 aromatic rings. The molecule has 0 aliphatic carbocycles. The van der Waals surface area contributed by atoms with Gasteiger partial charge in [-0.3, -0.25) is 4.79 Å². The van der Waals surface area contributed by atoms with Gasteiger partial charge in [-0.15, -0.1) is 0 Å². The van der Waals surface area contributed by atoms with E-state index in [-0.39, 0.29) is 19.2 Å². The van der Waals surface area contributed by atoms with Crippen molar-refractivity contribution in [3.05, 3.63) is 48.6 Å². The Balaban J connectivity index is 2.27. The molecule has 6 atom stereocenters. The van der Waals surface area contributed by atoms with Crippen LogP contribution in [0, 0.1) is 0 Å². The van der Waals surface area contributed by atoms with E-state index < -0.39 is 43.4 Å². The zero-order valence-corrected chi connectivity index (χ0v) is 36.3. The minimum atomic E-state index is -1.54. The Kier molecular flexibility index (Phi) is 36.9. The van der Waals surface area contributed by atoms with E-state index in [0.29, 0.717) is 13.0 Å². The average molecular weight is 807 g/mol. The molecule has 1 heterocycles. The lowest BCUT2D eigenvalue weighted by Crippen LogP contribution is -2.59. The van der Waals surface area contributed by atoms with Crippen molar-refractivity contribution in [2.75, 3.05) is 26.4 Å². The van der Waals surface area contributed by atoms with Gasteiger partial charge >= 0.3 is 5.97 Å². The number of hydrogen-bond donors (Lipinski definition) is 4. The number of allylic oxidation sites excluding steroid dienone is 8. The molecule has 9 nitrogen and oxygen atoms in total. The number of carbonyl (C=O) groups is 1. The van der Waals surface area contributed by atoms with Gasteiger partial charge in [-0.1, -0.05) is 178 Å². The molecular weight excluding hydrogens is 721 g/mol. The van der Waals surface area contributed by atoms with Crippen LogP contribution in [0.3, 0.4) is 0 Å². The lowest BCUT2D eigenvalue weighted by atomic mass is 9.99. The van der Waals surface area contributed by atoms with E-state index in [0.717, 1.165) is 70.6 Å². The third-order valence-corrected chi connectivity index (χ3v) is 10.5. The summed E-state index contributed by atoms with van der Waals surface area (Å²) in [4.78, 5) is 12.8. The first kappa shape index (κ1) is 53.2. The van der Waals surface area contributed by atoms with E-state index >= 15 is 0 Å². The van der Waals surface area contributed by atoms with Crippen molar-refractivity contribution in [3.63, 3.8) is 0 Å². The number of aliphatic hydroxyl groups excluding tert-OH is 4. The molecule has 0 spiro atoms. The largest absolute Gasteiger partial charge is 0.457 e. The summed E-state index contributed by atoms with van der Waals surface area (Å²) in [6.45, 7) is 4.38. The molecule has 0 aromatic heterocycles. The third kappa shape index (κ3) is 30.8. The Morgan fingerprint density at radius 2 is 1.07 bits per heavy atom. The number of rotatable bonds is 39. The van der Waals surface area contributed by atoms with E-state index in [1.807, 2.05) is 0 Å². The van der Waals surface area contributed by atoms with Crippen molar-refractivity contribution < 1.29 is 44.2 Å². The van der Waals surface area contributed by atoms with Gasteiger partial charge in [0.1, 0.15) is 30.5 Å². The second kappa shape index (κ2) is 39.6. The van der Waals surface area contributed by atoms with Crippen LogP contribution < -0.4 is 0 Å². The van der Waals surface area contributed by atoms with Gasteiger partial charge in [0.25, 0.3) is 0 Å². The van der Waals surface area contributed by atoms with Crippen molar-refractivity contribution >= 4 is 5.97 Å². The van der Waals surface area contributed by atoms with Crippen LogP contribution in [0.25, 0.3) is 0 Å². The molecule has 1 saturated heterocycles. The number of esters is 1. The van der Waals surface area contributed by atoms with Gasteiger partial charge < -0.3 is 39.4 Å². The van der Waals surface area contributed by atoms with Gasteiger partial charge in [0.05, 0.1) is 19.8 Å². The number of unbranched alkanes of at least 4 members (excludes halogenated alkanes) is 20. The van der Waals surface area contributed by atoms with E-state index in [4.69, 9.17) is 18.9 Å². The smallest absolute Gasteiger partial charge is 0.306 e. The second-order valence-electron chi connectivity index (χ2n) is 15.8. The van der Waals surface area contributed by atoms with Crippen molar-refractivity contribution in [2.24, 2.45) is 0 Å². The summed E-state index contributed by atoms with van der Waals surface area (Å²) < 4.78 is 22.8. The average Bonchev–Trinajstić information content (AvgIpc) is 3.21. The molecule has 57 heavy (non-hydrogen) atoms.